The molecule has 1 aromatic heterocycles. The molecule has 1 aliphatic carbocycles. The topological polar surface area (TPSA) is 99.6 Å². The predicted molar refractivity (Wildman–Crippen MR) is 152 cm³/mol. The number of anilines is 3. The minimum atomic E-state index is -0.680. The number of aromatic nitrogens is 2. The van der Waals surface area contributed by atoms with Crippen molar-refractivity contribution in [3.05, 3.63) is 71.4 Å². The number of carbonyl (C=O) groups excluding carboxylic acids is 3. The van der Waals surface area contributed by atoms with E-state index in [0.717, 1.165) is 56.4 Å². The van der Waals surface area contributed by atoms with Crippen molar-refractivity contribution < 1.29 is 14.4 Å². The molecule has 5 rings (SSSR count). The monoisotopic (exact) mass is 548 g/mol. The Bertz CT molecular complexity index is 1320. The second-order valence-corrected chi connectivity index (χ2v) is 10.6. The quantitative estimate of drug-likeness (QED) is 0.461. The SMILES string of the molecule is CC(=O)N1CCN(c2ccc(NC(=O)n3nccc3NC(=O)C3(c4ccc(Cl)cc4)CCCCC3)cc2)CC1. The molecule has 0 bridgehead atoms. The summed E-state index contributed by atoms with van der Waals surface area (Å²) >= 11 is 6.10. The molecular formula is C29H33ClN6O3. The second-order valence-electron chi connectivity index (χ2n) is 10.2. The molecule has 2 fully saturated rings. The van der Waals surface area contributed by atoms with Gasteiger partial charge >= 0.3 is 6.03 Å². The van der Waals surface area contributed by atoms with Crippen LogP contribution in [0.15, 0.2) is 60.8 Å². The maximum atomic E-state index is 13.7. The fraction of sp³-hybridized carbons (Fsp3) is 0.379. The van der Waals surface area contributed by atoms with Gasteiger partial charge < -0.3 is 20.4 Å². The summed E-state index contributed by atoms with van der Waals surface area (Å²) in [6, 6.07) is 16.2. The van der Waals surface area contributed by atoms with Crippen molar-refractivity contribution in [1.82, 2.24) is 14.7 Å². The predicted octanol–water partition coefficient (Wildman–Crippen LogP) is 5.13. The number of rotatable bonds is 5. The van der Waals surface area contributed by atoms with Crippen LogP contribution < -0.4 is 15.5 Å². The van der Waals surface area contributed by atoms with Crippen LogP contribution in [0.1, 0.15) is 44.6 Å². The lowest BCUT2D eigenvalue weighted by atomic mass is 9.68. The lowest BCUT2D eigenvalue weighted by Gasteiger charge is -2.36. The zero-order chi connectivity index (χ0) is 27.4. The molecule has 0 spiro atoms. The van der Waals surface area contributed by atoms with Gasteiger partial charge in [-0.25, -0.2) is 4.79 Å². The minimum absolute atomic E-state index is 0.0979. The molecule has 1 saturated carbocycles. The second kappa shape index (κ2) is 11.5. The standard InChI is InChI=1S/C29H33ClN6O3/c1-21(37)34-17-19-35(20-18-34)25-11-9-24(10-12-25)32-28(39)36-26(13-16-31-36)33-27(38)29(14-3-2-4-15-29)22-5-7-23(30)8-6-22/h5-13,16H,2-4,14-15,17-20H2,1H3,(H,32,39)(H,33,38). The van der Waals surface area contributed by atoms with Crippen LogP contribution in [0.4, 0.5) is 22.0 Å². The minimum Gasteiger partial charge on any atom is -0.368 e. The fourth-order valence-corrected chi connectivity index (χ4v) is 5.70. The van der Waals surface area contributed by atoms with Crippen LogP contribution in [-0.4, -0.2) is 58.7 Å². The molecule has 2 aromatic carbocycles. The molecule has 204 valence electrons. The first-order chi connectivity index (χ1) is 18.9. The molecule has 9 nitrogen and oxygen atoms in total. The van der Waals surface area contributed by atoms with Crippen LogP contribution in [0, 0.1) is 0 Å². The number of piperazine rings is 1. The summed E-state index contributed by atoms with van der Waals surface area (Å²) in [6.07, 6.45) is 5.97. The Morgan fingerprint density at radius 2 is 1.51 bits per heavy atom. The van der Waals surface area contributed by atoms with E-state index in [4.69, 9.17) is 11.6 Å². The number of halogens is 1. The lowest BCUT2D eigenvalue weighted by molar-refractivity contribution is -0.129. The maximum absolute atomic E-state index is 13.7. The van der Waals surface area contributed by atoms with Gasteiger partial charge in [0.25, 0.3) is 0 Å². The van der Waals surface area contributed by atoms with E-state index in [1.807, 2.05) is 53.4 Å². The molecule has 2 heterocycles. The van der Waals surface area contributed by atoms with Gasteiger partial charge in [-0.2, -0.15) is 9.78 Å². The average Bonchev–Trinajstić information content (AvgIpc) is 3.42. The van der Waals surface area contributed by atoms with E-state index in [2.05, 4.69) is 20.6 Å². The molecule has 1 aliphatic heterocycles. The van der Waals surface area contributed by atoms with Crippen LogP contribution in [0.25, 0.3) is 0 Å². The van der Waals surface area contributed by atoms with Gasteiger partial charge in [-0.1, -0.05) is 43.0 Å². The molecule has 3 aromatic rings. The van der Waals surface area contributed by atoms with Crippen molar-refractivity contribution in [2.24, 2.45) is 0 Å². The first-order valence-electron chi connectivity index (χ1n) is 13.4. The summed E-state index contributed by atoms with van der Waals surface area (Å²) in [5.41, 5.74) is 1.90. The van der Waals surface area contributed by atoms with Gasteiger partial charge in [0.05, 0.1) is 11.6 Å². The number of hydrogen-bond donors (Lipinski definition) is 2. The van der Waals surface area contributed by atoms with Gasteiger partial charge in [0.2, 0.25) is 11.8 Å². The molecule has 3 amide bonds. The highest BCUT2D eigenvalue weighted by Gasteiger charge is 2.41. The van der Waals surface area contributed by atoms with E-state index < -0.39 is 11.4 Å². The van der Waals surface area contributed by atoms with E-state index >= 15 is 0 Å². The molecule has 0 unspecified atom stereocenters. The molecule has 10 heteroatoms. The maximum Gasteiger partial charge on any atom is 0.348 e. The number of amides is 3. The summed E-state index contributed by atoms with van der Waals surface area (Å²) < 4.78 is 1.17. The Morgan fingerprint density at radius 1 is 0.846 bits per heavy atom. The Balaban J connectivity index is 1.25. The fourth-order valence-electron chi connectivity index (χ4n) is 5.58. The van der Waals surface area contributed by atoms with Crippen LogP contribution in [0.2, 0.25) is 5.02 Å². The first-order valence-corrected chi connectivity index (χ1v) is 13.8. The first kappa shape index (κ1) is 26.7. The number of nitrogens with one attached hydrogen (secondary N) is 2. The van der Waals surface area contributed by atoms with Crippen molar-refractivity contribution in [2.45, 2.75) is 44.4 Å². The van der Waals surface area contributed by atoms with Gasteiger partial charge in [0.15, 0.2) is 0 Å². The molecule has 0 radical (unpaired) electrons. The van der Waals surface area contributed by atoms with Gasteiger partial charge in [0, 0.05) is 55.6 Å². The van der Waals surface area contributed by atoms with Gasteiger partial charge in [-0.15, -0.1) is 0 Å². The molecule has 0 atom stereocenters. The van der Waals surface area contributed by atoms with Gasteiger partial charge in [-0.3, -0.25) is 9.59 Å². The number of carbonyl (C=O) groups is 3. The van der Waals surface area contributed by atoms with Gasteiger partial charge in [0.1, 0.15) is 5.82 Å². The summed E-state index contributed by atoms with van der Waals surface area (Å²) in [5.74, 6) is 0.269. The van der Waals surface area contributed by atoms with Crippen LogP contribution in [0.5, 0.6) is 0 Å². The summed E-state index contributed by atoms with van der Waals surface area (Å²) in [6.45, 7) is 4.51. The highest BCUT2D eigenvalue weighted by molar-refractivity contribution is 6.30. The normalized spacial score (nSPS) is 17.0. The number of nitrogens with zero attached hydrogens (tertiary/aromatic N) is 4. The van der Waals surface area contributed by atoms with E-state index in [9.17, 15) is 14.4 Å². The Hall–Kier alpha value is -3.85. The Labute approximate surface area is 233 Å². The van der Waals surface area contributed by atoms with Crippen LogP contribution in [0.3, 0.4) is 0 Å². The van der Waals surface area contributed by atoms with Crippen molar-refractivity contribution in [3.63, 3.8) is 0 Å². The summed E-state index contributed by atoms with van der Waals surface area (Å²) in [5, 5.41) is 10.6. The molecule has 1 saturated heterocycles. The summed E-state index contributed by atoms with van der Waals surface area (Å²) in [4.78, 5) is 42.4. The van der Waals surface area contributed by atoms with E-state index in [1.54, 1.807) is 13.0 Å². The van der Waals surface area contributed by atoms with Crippen LogP contribution in [-0.2, 0) is 15.0 Å². The molecular weight excluding hydrogens is 516 g/mol. The molecule has 2 N–H and O–H groups in total. The molecule has 2 aliphatic rings. The highest BCUT2D eigenvalue weighted by atomic mass is 35.5. The summed E-state index contributed by atoms with van der Waals surface area (Å²) in [7, 11) is 0. The van der Waals surface area contributed by atoms with E-state index in [1.165, 1.54) is 10.9 Å². The van der Waals surface area contributed by atoms with Crippen molar-refractivity contribution in [1.29, 1.82) is 0 Å². The van der Waals surface area contributed by atoms with Gasteiger partial charge in [-0.05, 0) is 54.8 Å². The third kappa shape index (κ3) is 5.78. The Kier molecular flexibility index (Phi) is 7.88. The van der Waals surface area contributed by atoms with E-state index in [-0.39, 0.29) is 11.8 Å². The zero-order valence-corrected chi connectivity index (χ0v) is 22.8. The third-order valence-electron chi connectivity index (χ3n) is 7.82. The number of hydrogen-bond acceptors (Lipinski definition) is 5. The van der Waals surface area contributed by atoms with Crippen LogP contribution >= 0.6 is 11.6 Å². The zero-order valence-electron chi connectivity index (χ0n) is 22.0. The third-order valence-corrected chi connectivity index (χ3v) is 8.08. The average molecular weight is 549 g/mol. The van der Waals surface area contributed by atoms with Crippen molar-refractivity contribution >= 4 is 46.6 Å². The van der Waals surface area contributed by atoms with Crippen molar-refractivity contribution in [2.75, 3.05) is 41.7 Å². The Morgan fingerprint density at radius 3 is 2.15 bits per heavy atom. The lowest BCUT2D eigenvalue weighted by Crippen LogP contribution is -2.48. The smallest absolute Gasteiger partial charge is 0.348 e. The number of benzene rings is 2. The van der Waals surface area contributed by atoms with E-state index in [0.29, 0.717) is 29.6 Å². The molecule has 39 heavy (non-hydrogen) atoms. The highest BCUT2D eigenvalue weighted by Crippen LogP contribution is 2.41. The van der Waals surface area contributed by atoms with Crippen molar-refractivity contribution in [3.8, 4) is 0 Å². The largest absolute Gasteiger partial charge is 0.368 e.